The minimum Gasteiger partial charge on any atom is -0.475 e. The molecule has 1 aromatic rings. The number of hydrogen-bond acceptors (Lipinski definition) is 3. The topological polar surface area (TPSA) is 38.5 Å². The van der Waals surface area contributed by atoms with E-state index in [1.54, 1.807) is 0 Å². The summed E-state index contributed by atoms with van der Waals surface area (Å²) < 4.78 is 5.78. The van der Waals surface area contributed by atoms with Gasteiger partial charge in [0.1, 0.15) is 12.0 Å². The smallest absolute Gasteiger partial charge is 0.149 e. The molecule has 0 radical (unpaired) electrons. The molecule has 1 atom stereocenters. The number of rotatable bonds is 5. The first-order valence-corrected chi connectivity index (χ1v) is 5.43. The van der Waals surface area contributed by atoms with Crippen molar-refractivity contribution in [1.82, 2.24) is 4.90 Å². The maximum atomic E-state index is 5.78. The van der Waals surface area contributed by atoms with Crippen LogP contribution in [-0.2, 0) is 0 Å². The SMILES string of the molecule is CCN(CC)C(C)Oc1cccc(N)c1. The Morgan fingerprint density at radius 1 is 1.33 bits per heavy atom. The molecular weight excluding hydrogens is 188 g/mol. The van der Waals surface area contributed by atoms with Crippen LogP contribution >= 0.6 is 0 Å². The van der Waals surface area contributed by atoms with Gasteiger partial charge in [-0.2, -0.15) is 0 Å². The van der Waals surface area contributed by atoms with Crippen molar-refractivity contribution < 1.29 is 4.74 Å². The van der Waals surface area contributed by atoms with E-state index in [1.807, 2.05) is 24.3 Å². The van der Waals surface area contributed by atoms with Crippen LogP contribution in [0.15, 0.2) is 24.3 Å². The molecule has 84 valence electrons. The molecule has 3 heteroatoms. The van der Waals surface area contributed by atoms with E-state index >= 15 is 0 Å². The number of anilines is 1. The predicted octanol–water partition coefficient (Wildman–Crippen LogP) is 2.34. The van der Waals surface area contributed by atoms with E-state index in [0.29, 0.717) is 0 Å². The van der Waals surface area contributed by atoms with Gasteiger partial charge in [0.15, 0.2) is 0 Å². The molecule has 0 fully saturated rings. The second-order valence-electron chi connectivity index (χ2n) is 3.51. The zero-order valence-electron chi connectivity index (χ0n) is 9.73. The fourth-order valence-electron chi connectivity index (χ4n) is 1.60. The third kappa shape index (κ3) is 3.44. The van der Waals surface area contributed by atoms with Crippen molar-refractivity contribution in [2.45, 2.75) is 27.0 Å². The summed E-state index contributed by atoms with van der Waals surface area (Å²) in [7, 11) is 0. The van der Waals surface area contributed by atoms with Crippen LogP contribution in [0.4, 0.5) is 5.69 Å². The largest absolute Gasteiger partial charge is 0.475 e. The first-order valence-electron chi connectivity index (χ1n) is 5.43. The highest BCUT2D eigenvalue weighted by molar-refractivity contribution is 5.43. The summed E-state index contributed by atoms with van der Waals surface area (Å²) >= 11 is 0. The third-order valence-corrected chi connectivity index (χ3v) is 2.49. The highest BCUT2D eigenvalue weighted by Crippen LogP contribution is 2.16. The number of hydrogen-bond donors (Lipinski definition) is 1. The average molecular weight is 208 g/mol. The number of nitrogens with two attached hydrogens (primary N) is 1. The molecule has 0 saturated heterocycles. The lowest BCUT2D eigenvalue weighted by Gasteiger charge is -2.26. The lowest BCUT2D eigenvalue weighted by molar-refractivity contribution is 0.0481. The molecule has 1 aromatic carbocycles. The lowest BCUT2D eigenvalue weighted by Crippen LogP contribution is -2.36. The minimum atomic E-state index is 0.0850. The summed E-state index contributed by atoms with van der Waals surface area (Å²) in [5.41, 5.74) is 6.42. The molecule has 0 aromatic heterocycles. The Morgan fingerprint density at radius 3 is 2.53 bits per heavy atom. The Balaban J connectivity index is 2.61. The van der Waals surface area contributed by atoms with E-state index in [-0.39, 0.29) is 6.23 Å². The van der Waals surface area contributed by atoms with E-state index in [2.05, 4.69) is 25.7 Å². The van der Waals surface area contributed by atoms with Crippen LogP contribution in [0, 0.1) is 0 Å². The van der Waals surface area contributed by atoms with Crippen molar-refractivity contribution in [2.75, 3.05) is 18.8 Å². The number of ether oxygens (including phenoxy) is 1. The lowest BCUT2D eigenvalue weighted by atomic mass is 10.3. The van der Waals surface area contributed by atoms with Gasteiger partial charge >= 0.3 is 0 Å². The molecule has 0 heterocycles. The van der Waals surface area contributed by atoms with Gasteiger partial charge in [-0.05, 0) is 32.1 Å². The van der Waals surface area contributed by atoms with Gasteiger partial charge in [-0.1, -0.05) is 19.9 Å². The Morgan fingerprint density at radius 2 is 2.00 bits per heavy atom. The van der Waals surface area contributed by atoms with Gasteiger partial charge in [-0.3, -0.25) is 4.90 Å². The van der Waals surface area contributed by atoms with Crippen molar-refractivity contribution in [3.63, 3.8) is 0 Å². The van der Waals surface area contributed by atoms with Crippen LogP contribution in [-0.4, -0.2) is 24.2 Å². The maximum absolute atomic E-state index is 5.78. The molecular formula is C12H20N2O. The molecule has 0 spiro atoms. The molecule has 0 saturated carbocycles. The molecule has 2 N–H and O–H groups in total. The number of nitrogens with zero attached hydrogens (tertiary/aromatic N) is 1. The Hall–Kier alpha value is -1.22. The van der Waals surface area contributed by atoms with Crippen molar-refractivity contribution >= 4 is 5.69 Å². The van der Waals surface area contributed by atoms with Crippen LogP contribution in [0.25, 0.3) is 0 Å². The highest BCUT2D eigenvalue weighted by atomic mass is 16.5. The molecule has 1 unspecified atom stereocenters. The quantitative estimate of drug-likeness (QED) is 0.596. The molecule has 3 nitrogen and oxygen atoms in total. The van der Waals surface area contributed by atoms with Crippen molar-refractivity contribution in [2.24, 2.45) is 0 Å². The van der Waals surface area contributed by atoms with E-state index in [9.17, 15) is 0 Å². The monoisotopic (exact) mass is 208 g/mol. The average Bonchev–Trinajstić information content (AvgIpc) is 2.19. The molecule has 0 bridgehead atoms. The summed E-state index contributed by atoms with van der Waals surface area (Å²) in [6.07, 6.45) is 0.0850. The van der Waals surface area contributed by atoms with E-state index < -0.39 is 0 Å². The third-order valence-electron chi connectivity index (χ3n) is 2.49. The summed E-state index contributed by atoms with van der Waals surface area (Å²) in [5, 5.41) is 0. The molecule has 0 amide bonds. The van der Waals surface area contributed by atoms with Crippen LogP contribution in [0.3, 0.4) is 0 Å². The molecule has 1 rings (SSSR count). The second-order valence-corrected chi connectivity index (χ2v) is 3.51. The molecule has 0 aliphatic rings. The zero-order chi connectivity index (χ0) is 11.3. The van der Waals surface area contributed by atoms with Gasteiger partial charge in [0, 0.05) is 11.8 Å². The first-order chi connectivity index (χ1) is 7.17. The standard InChI is InChI=1S/C12H20N2O/c1-4-14(5-2)10(3)15-12-8-6-7-11(13)9-12/h6-10H,4-5,13H2,1-3H3. The van der Waals surface area contributed by atoms with Crippen LogP contribution in [0.2, 0.25) is 0 Å². The van der Waals surface area contributed by atoms with E-state index in [1.165, 1.54) is 0 Å². The Labute approximate surface area is 91.8 Å². The van der Waals surface area contributed by atoms with Crippen molar-refractivity contribution in [3.05, 3.63) is 24.3 Å². The van der Waals surface area contributed by atoms with Crippen LogP contribution < -0.4 is 10.5 Å². The van der Waals surface area contributed by atoms with E-state index in [0.717, 1.165) is 24.5 Å². The van der Waals surface area contributed by atoms with Gasteiger partial charge < -0.3 is 10.5 Å². The summed E-state index contributed by atoms with van der Waals surface area (Å²) in [6, 6.07) is 7.53. The highest BCUT2D eigenvalue weighted by Gasteiger charge is 2.10. The Bertz CT molecular complexity index is 297. The zero-order valence-corrected chi connectivity index (χ0v) is 9.73. The van der Waals surface area contributed by atoms with Crippen molar-refractivity contribution in [3.8, 4) is 5.75 Å². The van der Waals surface area contributed by atoms with Gasteiger partial charge in [0.25, 0.3) is 0 Å². The summed E-state index contributed by atoms with van der Waals surface area (Å²) in [4.78, 5) is 2.24. The maximum Gasteiger partial charge on any atom is 0.149 e. The van der Waals surface area contributed by atoms with Crippen molar-refractivity contribution in [1.29, 1.82) is 0 Å². The first kappa shape index (κ1) is 11.9. The van der Waals surface area contributed by atoms with Gasteiger partial charge in [0.2, 0.25) is 0 Å². The van der Waals surface area contributed by atoms with Gasteiger partial charge in [-0.15, -0.1) is 0 Å². The Kier molecular flexibility index (Phi) is 4.43. The molecule has 0 aliphatic carbocycles. The molecule has 15 heavy (non-hydrogen) atoms. The summed E-state index contributed by atoms with van der Waals surface area (Å²) in [5.74, 6) is 0.828. The number of nitrogen functional groups attached to an aromatic ring is 1. The normalized spacial score (nSPS) is 12.8. The van der Waals surface area contributed by atoms with Gasteiger partial charge in [-0.25, -0.2) is 0 Å². The number of benzene rings is 1. The van der Waals surface area contributed by atoms with Crippen LogP contribution in [0.5, 0.6) is 5.75 Å². The van der Waals surface area contributed by atoms with E-state index in [4.69, 9.17) is 10.5 Å². The molecule has 0 aliphatic heterocycles. The van der Waals surface area contributed by atoms with Crippen LogP contribution in [0.1, 0.15) is 20.8 Å². The fraction of sp³-hybridized carbons (Fsp3) is 0.500. The fourth-order valence-corrected chi connectivity index (χ4v) is 1.60. The summed E-state index contributed by atoms with van der Waals surface area (Å²) in [6.45, 7) is 8.28. The second kappa shape index (κ2) is 5.61. The predicted molar refractivity (Wildman–Crippen MR) is 63.9 cm³/mol. The minimum absolute atomic E-state index is 0.0850. The van der Waals surface area contributed by atoms with Gasteiger partial charge in [0.05, 0.1) is 0 Å².